The third-order valence-corrected chi connectivity index (χ3v) is 3.63. The van der Waals surface area contributed by atoms with Gasteiger partial charge in [0.25, 0.3) is 0 Å². The fourth-order valence-electron chi connectivity index (χ4n) is 2.73. The Kier molecular flexibility index (Phi) is 1.67. The normalized spacial score (nSPS) is 32.1. The summed E-state index contributed by atoms with van der Waals surface area (Å²) in [5.41, 5.74) is 1.83. The molecule has 0 aromatic heterocycles. The van der Waals surface area contributed by atoms with Crippen LogP contribution in [0.25, 0.3) is 0 Å². The molecule has 0 atom stereocenters. The van der Waals surface area contributed by atoms with E-state index in [0.717, 1.165) is 17.9 Å². The van der Waals surface area contributed by atoms with Gasteiger partial charge in [0.1, 0.15) is 0 Å². The molecule has 0 N–H and O–H groups in total. The van der Waals surface area contributed by atoms with Crippen LogP contribution in [0.5, 0.6) is 0 Å². The van der Waals surface area contributed by atoms with Crippen LogP contribution in [-0.2, 0) is 0 Å². The molecule has 0 radical (unpaired) electrons. The Morgan fingerprint density at radius 2 is 1.86 bits per heavy atom. The largest absolute Gasteiger partial charge is 0.0973 e. The highest BCUT2D eigenvalue weighted by atomic mass is 14.6. The molecular formula is C14H14. The first-order chi connectivity index (χ1) is 6.86. The lowest BCUT2D eigenvalue weighted by Gasteiger charge is -2.61. The Balaban J connectivity index is 1.64. The lowest BCUT2D eigenvalue weighted by atomic mass is 9.43. The van der Waals surface area contributed by atoms with Crippen LogP contribution in [-0.4, -0.2) is 0 Å². The van der Waals surface area contributed by atoms with Crippen molar-refractivity contribution in [3.63, 3.8) is 0 Å². The van der Waals surface area contributed by atoms with Crippen LogP contribution in [0.1, 0.15) is 31.2 Å². The fraction of sp³-hybridized carbons (Fsp3) is 0.429. The van der Waals surface area contributed by atoms with Crippen LogP contribution < -0.4 is 0 Å². The number of rotatable bonds is 1. The molecule has 4 rings (SSSR count). The molecule has 14 heavy (non-hydrogen) atoms. The van der Waals surface area contributed by atoms with Crippen molar-refractivity contribution >= 4 is 0 Å². The van der Waals surface area contributed by atoms with E-state index in [1.807, 2.05) is 18.2 Å². The molecule has 0 aliphatic heterocycles. The van der Waals surface area contributed by atoms with Crippen LogP contribution >= 0.6 is 0 Å². The Hall–Kier alpha value is -1.22. The standard InChI is InChI=1S/C14H14/c1-2-5-12(6-3-1)7-4-8-14-9-13(10-14)11-14/h1-3,5-6,13H,8-11H2. The average Bonchev–Trinajstić information content (AvgIpc) is 2.09. The summed E-state index contributed by atoms with van der Waals surface area (Å²) in [4.78, 5) is 0. The van der Waals surface area contributed by atoms with Crippen LogP contribution in [0, 0.1) is 23.2 Å². The highest BCUT2D eigenvalue weighted by Crippen LogP contribution is 2.66. The minimum atomic E-state index is 0.673. The maximum Gasteiger partial charge on any atom is 0.0245 e. The predicted octanol–water partition coefficient (Wildman–Crippen LogP) is 3.23. The number of hydrogen-bond acceptors (Lipinski definition) is 0. The van der Waals surface area contributed by atoms with Crippen LogP contribution in [0.4, 0.5) is 0 Å². The molecule has 0 saturated heterocycles. The Morgan fingerprint density at radius 3 is 2.43 bits per heavy atom. The second kappa shape index (κ2) is 2.89. The summed E-state index contributed by atoms with van der Waals surface area (Å²) in [5.74, 6) is 7.65. The van der Waals surface area contributed by atoms with E-state index in [-0.39, 0.29) is 0 Å². The Bertz CT molecular complexity index is 374. The summed E-state index contributed by atoms with van der Waals surface area (Å²) in [6.45, 7) is 0. The van der Waals surface area contributed by atoms with Gasteiger partial charge in [-0.2, -0.15) is 0 Å². The van der Waals surface area contributed by atoms with Crippen molar-refractivity contribution in [1.29, 1.82) is 0 Å². The van der Waals surface area contributed by atoms with E-state index in [4.69, 9.17) is 0 Å². The maximum absolute atomic E-state index is 3.33. The molecule has 3 aliphatic rings. The smallest absolute Gasteiger partial charge is 0.0245 e. The first kappa shape index (κ1) is 8.12. The van der Waals surface area contributed by atoms with E-state index in [2.05, 4.69) is 24.0 Å². The SMILES string of the molecule is C(#Cc1ccccc1)CC12CC(C1)C2. The number of hydrogen-bond donors (Lipinski definition) is 0. The zero-order valence-electron chi connectivity index (χ0n) is 8.29. The number of benzene rings is 1. The van der Waals surface area contributed by atoms with Gasteiger partial charge in [-0.25, -0.2) is 0 Å². The summed E-state index contributed by atoms with van der Waals surface area (Å²) >= 11 is 0. The minimum absolute atomic E-state index is 0.673. The van der Waals surface area contributed by atoms with Gasteiger partial charge in [0.05, 0.1) is 0 Å². The van der Waals surface area contributed by atoms with Gasteiger partial charge in [-0.15, -0.1) is 0 Å². The second-order valence-electron chi connectivity index (χ2n) is 4.82. The topological polar surface area (TPSA) is 0 Å². The molecule has 0 spiro atoms. The average molecular weight is 182 g/mol. The Morgan fingerprint density at radius 1 is 1.14 bits per heavy atom. The second-order valence-corrected chi connectivity index (χ2v) is 4.82. The van der Waals surface area contributed by atoms with Gasteiger partial charge < -0.3 is 0 Å². The maximum atomic E-state index is 3.33. The lowest BCUT2D eigenvalue weighted by Crippen LogP contribution is -2.51. The van der Waals surface area contributed by atoms with Crippen molar-refractivity contribution in [3.05, 3.63) is 35.9 Å². The van der Waals surface area contributed by atoms with Crippen LogP contribution in [0.3, 0.4) is 0 Å². The van der Waals surface area contributed by atoms with Crippen molar-refractivity contribution < 1.29 is 0 Å². The van der Waals surface area contributed by atoms with E-state index in [0.29, 0.717) is 5.41 Å². The van der Waals surface area contributed by atoms with Gasteiger partial charge in [0.2, 0.25) is 0 Å². The van der Waals surface area contributed by atoms with Gasteiger partial charge in [-0.3, -0.25) is 0 Å². The molecule has 3 aliphatic carbocycles. The van der Waals surface area contributed by atoms with Crippen molar-refractivity contribution in [2.24, 2.45) is 11.3 Å². The summed E-state index contributed by atoms with van der Waals surface area (Å²) in [5, 5.41) is 0. The minimum Gasteiger partial charge on any atom is -0.0973 e. The molecule has 0 nitrogen and oxygen atoms in total. The third kappa shape index (κ3) is 1.24. The van der Waals surface area contributed by atoms with Crippen molar-refractivity contribution in [3.8, 4) is 11.8 Å². The fourth-order valence-corrected chi connectivity index (χ4v) is 2.73. The van der Waals surface area contributed by atoms with E-state index < -0.39 is 0 Å². The van der Waals surface area contributed by atoms with E-state index >= 15 is 0 Å². The highest BCUT2D eigenvalue weighted by Gasteiger charge is 2.55. The summed E-state index contributed by atoms with van der Waals surface area (Å²) in [6, 6.07) is 10.3. The van der Waals surface area contributed by atoms with Crippen molar-refractivity contribution in [2.75, 3.05) is 0 Å². The van der Waals surface area contributed by atoms with E-state index in [9.17, 15) is 0 Å². The predicted molar refractivity (Wildman–Crippen MR) is 57.7 cm³/mol. The summed E-state index contributed by atoms with van der Waals surface area (Å²) < 4.78 is 0. The van der Waals surface area contributed by atoms with E-state index in [1.54, 1.807) is 0 Å². The molecule has 0 heteroatoms. The van der Waals surface area contributed by atoms with Crippen LogP contribution in [0.2, 0.25) is 0 Å². The molecule has 1 aromatic rings. The molecule has 1 aromatic carbocycles. The van der Waals surface area contributed by atoms with Gasteiger partial charge in [-0.05, 0) is 42.7 Å². The van der Waals surface area contributed by atoms with Gasteiger partial charge in [0.15, 0.2) is 0 Å². The van der Waals surface area contributed by atoms with Gasteiger partial charge >= 0.3 is 0 Å². The Labute approximate surface area is 85.3 Å². The third-order valence-electron chi connectivity index (χ3n) is 3.63. The zero-order valence-corrected chi connectivity index (χ0v) is 8.29. The lowest BCUT2D eigenvalue weighted by molar-refractivity contribution is -0.101. The quantitative estimate of drug-likeness (QED) is 0.585. The molecule has 3 saturated carbocycles. The molecule has 0 heterocycles. The summed E-state index contributed by atoms with van der Waals surface area (Å²) in [6.07, 6.45) is 5.49. The van der Waals surface area contributed by atoms with Crippen LogP contribution in [0.15, 0.2) is 30.3 Å². The molecule has 70 valence electrons. The van der Waals surface area contributed by atoms with Gasteiger partial charge in [0, 0.05) is 12.0 Å². The first-order valence-electron chi connectivity index (χ1n) is 5.40. The molecule has 3 fully saturated rings. The monoisotopic (exact) mass is 182 g/mol. The van der Waals surface area contributed by atoms with E-state index in [1.165, 1.54) is 19.3 Å². The molecular weight excluding hydrogens is 168 g/mol. The first-order valence-corrected chi connectivity index (χ1v) is 5.40. The van der Waals surface area contributed by atoms with Gasteiger partial charge in [-0.1, -0.05) is 30.0 Å². The van der Waals surface area contributed by atoms with Crippen molar-refractivity contribution in [1.82, 2.24) is 0 Å². The molecule has 0 unspecified atom stereocenters. The molecule has 2 bridgehead atoms. The highest BCUT2D eigenvalue weighted by molar-refractivity contribution is 5.34. The zero-order chi connectivity index (χ0) is 9.43. The van der Waals surface area contributed by atoms with Crippen molar-refractivity contribution in [2.45, 2.75) is 25.7 Å². The summed E-state index contributed by atoms with van der Waals surface area (Å²) in [7, 11) is 0. The molecule has 0 amide bonds.